The van der Waals surface area contributed by atoms with Gasteiger partial charge in [-0.15, -0.1) is 0 Å². The Morgan fingerprint density at radius 2 is 1.42 bits per heavy atom. The van der Waals surface area contributed by atoms with E-state index in [-0.39, 0.29) is 23.7 Å². The molecule has 2 heterocycles. The highest BCUT2D eigenvalue weighted by Crippen LogP contribution is 2.36. The lowest BCUT2D eigenvalue weighted by Crippen LogP contribution is -2.42. The van der Waals surface area contributed by atoms with E-state index in [0.29, 0.717) is 16.8 Å². The molecule has 4 nitrogen and oxygen atoms in total. The van der Waals surface area contributed by atoms with Crippen molar-refractivity contribution in [3.8, 4) is 0 Å². The number of halogens is 1. The number of hydrogen-bond donors (Lipinski definition) is 0. The summed E-state index contributed by atoms with van der Waals surface area (Å²) in [4.78, 5) is 30.2. The van der Waals surface area contributed by atoms with Gasteiger partial charge in [0.05, 0.1) is 5.57 Å². The molecule has 1 aromatic carbocycles. The number of carbonyl (C=O) groups excluding carboxylic acids is 2. The normalized spacial score (nSPS) is 22.5. The van der Waals surface area contributed by atoms with Gasteiger partial charge in [0, 0.05) is 19.1 Å². The Balaban J connectivity index is 1.73. The summed E-state index contributed by atoms with van der Waals surface area (Å²) in [6, 6.07) is 5.94. The van der Waals surface area contributed by atoms with Crippen molar-refractivity contribution in [1.82, 2.24) is 9.80 Å². The van der Waals surface area contributed by atoms with Crippen molar-refractivity contribution in [2.45, 2.75) is 57.4 Å². The van der Waals surface area contributed by atoms with Crippen LogP contribution in [0.15, 0.2) is 30.0 Å². The number of carbonyl (C=O) groups is 2. The minimum absolute atomic E-state index is 0.00643. The highest BCUT2D eigenvalue weighted by atomic mass is 19.1. The van der Waals surface area contributed by atoms with Crippen LogP contribution in [0.5, 0.6) is 0 Å². The molecule has 0 unspecified atom stereocenters. The summed E-state index contributed by atoms with van der Waals surface area (Å²) < 4.78 is 13.4. The van der Waals surface area contributed by atoms with Gasteiger partial charge in [0.1, 0.15) is 11.5 Å². The van der Waals surface area contributed by atoms with Gasteiger partial charge in [-0.25, -0.2) is 4.39 Å². The van der Waals surface area contributed by atoms with Crippen LogP contribution < -0.4 is 0 Å². The minimum atomic E-state index is -0.338. The first-order valence-electron chi connectivity index (χ1n) is 9.80. The van der Waals surface area contributed by atoms with Crippen molar-refractivity contribution in [3.05, 3.63) is 41.3 Å². The van der Waals surface area contributed by atoms with Gasteiger partial charge in [-0.05, 0) is 43.4 Å². The topological polar surface area (TPSA) is 40.6 Å². The summed E-state index contributed by atoms with van der Waals surface area (Å²) >= 11 is 0. The standard InChI is InChI=1S/C21H25FN2O2/c22-16-11-9-15(10-12-16)18-19(23-13-5-6-14-23)21(26)24(20(18)25)17-7-3-1-2-4-8-17/h9-12,17H,1-8,13-14H2. The number of benzene rings is 1. The fraction of sp³-hybridized carbons (Fsp3) is 0.524. The average molecular weight is 356 g/mol. The summed E-state index contributed by atoms with van der Waals surface area (Å²) in [6.45, 7) is 1.61. The molecule has 3 aliphatic rings. The number of likely N-dealkylation sites (tertiary alicyclic amines) is 1. The number of nitrogens with zero attached hydrogens (tertiary/aromatic N) is 2. The molecule has 0 N–H and O–H groups in total. The van der Waals surface area contributed by atoms with Crippen LogP contribution in [0, 0.1) is 5.82 Å². The van der Waals surface area contributed by atoms with Crippen LogP contribution in [-0.2, 0) is 9.59 Å². The molecule has 1 aromatic rings. The Bertz CT molecular complexity index is 727. The van der Waals surface area contributed by atoms with Crippen molar-refractivity contribution >= 4 is 17.4 Å². The van der Waals surface area contributed by atoms with Crippen LogP contribution in [-0.4, -0.2) is 40.7 Å². The first-order chi connectivity index (χ1) is 12.7. The number of imide groups is 1. The Hall–Kier alpha value is -2.17. The molecular formula is C21H25FN2O2. The highest BCUT2D eigenvalue weighted by Gasteiger charge is 2.44. The van der Waals surface area contributed by atoms with Crippen LogP contribution in [0.4, 0.5) is 4.39 Å². The second-order valence-corrected chi connectivity index (χ2v) is 7.55. The Kier molecular flexibility index (Phi) is 4.79. The molecule has 0 atom stereocenters. The lowest BCUT2D eigenvalue weighted by Gasteiger charge is -2.26. The van der Waals surface area contributed by atoms with Crippen molar-refractivity contribution in [1.29, 1.82) is 0 Å². The van der Waals surface area contributed by atoms with Crippen molar-refractivity contribution in [2.75, 3.05) is 13.1 Å². The third kappa shape index (κ3) is 3.04. The van der Waals surface area contributed by atoms with Gasteiger partial charge in [0.2, 0.25) is 0 Å². The van der Waals surface area contributed by atoms with Crippen molar-refractivity contribution in [2.24, 2.45) is 0 Å². The summed E-state index contributed by atoms with van der Waals surface area (Å²) in [5.74, 6) is -0.687. The molecule has 2 amide bonds. The molecule has 0 aromatic heterocycles. The maximum absolute atomic E-state index is 13.4. The molecule has 4 rings (SSSR count). The molecule has 1 saturated carbocycles. The van der Waals surface area contributed by atoms with Gasteiger partial charge in [0.15, 0.2) is 0 Å². The Labute approximate surface area is 153 Å². The maximum atomic E-state index is 13.4. The molecule has 0 radical (unpaired) electrons. The van der Waals surface area contributed by atoms with Gasteiger partial charge in [-0.2, -0.15) is 0 Å². The lowest BCUT2D eigenvalue weighted by molar-refractivity contribution is -0.140. The third-order valence-corrected chi connectivity index (χ3v) is 5.84. The van der Waals surface area contributed by atoms with E-state index in [9.17, 15) is 14.0 Å². The SMILES string of the molecule is O=C1C(c2ccc(F)cc2)=C(N2CCCC2)C(=O)N1C1CCCCCC1. The lowest BCUT2D eigenvalue weighted by atomic mass is 10.0. The van der Waals surface area contributed by atoms with Crippen LogP contribution in [0.1, 0.15) is 56.9 Å². The van der Waals surface area contributed by atoms with E-state index in [1.165, 1.54) is 29.9 Å². The second-order valence-electron chi connectivity index (χ2n) is 7.55. The largest absolute Gasteiger partial charge is 0.366 e. The van der Waals surface area contributed by atoms with Crippen molar-refractivity contribution in [3.63, 3.8) is 0 Å². The van der Waals surface area contributed by atoms with E-state index in [2.05, 4.69) is 4.90 Å². The van der Waals surface area contributed by atoms with E-state index >= 15 is 0 Å². The summed E-state index contributed by atoms with van der Waals surface area (Å²) in [5, 5.41) is 0. The monoisotopic (exact) mass is 356 g/mol. The van der Waals surface area contributed by atoms with Gasteiger partial charge < -0.3 is 4.90 Å². The van der Waals surface area contributed by atoms with Crippen LogP contribution in [0.3, 0.4) is 0 Å². The Morgan fingerprint density at radius 3 is 2.04 bits per heavy atom. The summed E-state index contributed by atoms with van der Waals surface area (Å²) in [6.07, 6.45) is 8.31. The summed E-state index contributed by atoms with van der Waals surface area (Å²) in [7, 11) is 0. The molecule has 2 aliphatic heterocycles. The van der Waals surface area contributed by atoms with Crippen molar-refractivity contribution < 1.29 is 14.0 Å². The van der Waals surface area contributed by atoms with E-state index < -0.39 is 0 Å². The van der Waals surface area contributed by atoms with Crippen LogP contribution in [0.2, 0.25) is 0 Å². The predicted molar refractivity (Wildman–Crippen MR) is 97.5 cm³/mol. The van der Waals surface area contributed by atoms with E-state index in [1.807, 2.05) is 0 Å². The number of rotatable bonds is 3. The third-order valence-electron chi connectivity index (χ3n) is 5.84. The smallest absolute Gasteiger partial charge is 0.278 e. The van der Waals surface area contributed by atoms with Gasteiger partial charge in [-0.3, -0.25) is 14.5 Å². The Morgan fingerprint density at radius 1 is 0.808 bits per heavy atom. The molecule has 26 heavy (non-hydrogen) atoms. The zero-order chi connectivity index (χ0) is 18.1. The molecule has 1 saturated heterocycles. The molecule has 2 fully saturated rings. The second kappa shape index (κ2) is 7.22. The molecule has 138 valence electrons. The number of amides is 2. The molecule has 0 spiro atoms. The average Bonchev–Trinajstić information content (AvgIpc) is 3.14. The van der Waals surface area contributed by atoms with Gasteiger partial charge in [0.25, 0.3) is 11.8 Å². The zero-order valence-electron chi connectivity index (χ0n) is 15.0. The predicted octanol–water partition coefficient (Wildman–Crippen LogP) is 3.72. The molecule has 0 bridgehead atoms. The summed E-state index contributed by atoms with van der Waals surface area (Å²) in [5.41, 5.74) is 1.63. The van der Waals surface area contributed by atoms with Gasteiger partial charge >= 0.3 is 0 Å². The first-order valence-corrected chi connectivity index (χ1v) is 9.80. The fourth-order valence-corrected chi connectivity index (χ4v) is 4.49. The number of hydrogen-bond acceptors (Lipinski definition) is 3. The van der Waals surface area contributed by atoms with Crippen LogP contribution >= 0.6 is 0 Å². The van der Waals surface area contributed by atoms with Crippen LogP contribution in [0.25, 0.3) is 5.57 Å². The van der Waals surface area contributed by atoms with E-state index in [1.54, 1.807) is 12.1 Å². The van der Waals surface area contributed by atoms with E-state index in [0.717, 1.165) is 51.6 Å². The molecular weight excluding hydrogens is 331 g/mol. The minimum Gasteiger partial charge on any atom is -0.366 e. The van der Waals surface area contributed by atoms with E-state index in [4.69, 9.17) is 0 Å². The van der Waals surface area contributed by atoms with Gasteiger partial charge in [-0.1, -0.05) is 37.8 Å². The zero-order valence-corrected chi connectivity index (χ0v) is 15.0. The molecule has 5 heteroatoms. The molecule has 1 aliphatic carbocycles. The quantitative estimate of drug-likeness (QED) is 0.612. The first kappa shape index (κ1) is 17.3. The fourth-order valence-electron chi connectivity index (χ4n) is 4.49. The maximum Gasteiger partial charge on any atom is 0.278 e. The highest BCUT2D eigenvalue weighted by molar-refractivity contribution is 6.35.